The molecule has 0 aliphatic heterocycles. The fourth-order valence-electron chi connectivity index (χ4n) is 3.16. The number of hydrogen-bond acceptors (Lipinski definition) is 3. The second-order valence-corrected chi connectivity index (χ2v) is 9.35. The van der Waals surface area contributed by atoms with E-state index in [0.717, 1.165) is 9.36 Å². The third kappa shape index (κ3) is 4.62. The molecule has 0 fully saturated rings. The highest BCUT2D eigenvalue weighted by atomic mass is 35.5. The summed E-state index contributed by atoms with van der Waals surface area (Å²) in [6, 6.07) is 13.2. The molecule has 4 aromatic rings. The first-order valence-electron chi connectivity index (χ1n) is 9.32. The summed E-state index contributed by atoms with van der Waals surface area (Å²) >= 11 is 36.2. The average Bonchev–Trinajstić information content (AvgIpc) is 3.04. The maximum atomic E-state index is 13.4. The van der Waals surface area contributed by atoms with E-state index >= 15 is 0 Å². The van der Waals surface area contributed by atoms with Crippen molar-refractivity contribution < 1.29 is 9.90 Å². The van der Waals surface area contributed by atoms with E-state index in [4.69, 9.17) is 69.6 Å². The number of amides is 1. The lowest BCUT2D eigenvalue weighted by molar-refractivity contribution is 0.102. The Morgan fingerprint density at radius 1 is 0.676 bits per heavy atom. The van der Waals surface area contributed by atoms with Crippen LogP contribution in [0.15, 0.2) is 59.4 Å². The summed E-state index contributed by atoms with van der Waals surface area (Å²) in [6.45, 7) is 0. The monoisotopic (exact) mass is 575 g/mol. The molecule has 34 heavy (non-hydrogen) atoms. The third-order valence-corrected chi connectivity index (χ3v) is 6.95. The van der Waals surface area contributed by atoms with Crippen molar-refractivity contribution in [2.24, 2.45) is 0 Å². The highest BCUT2D eigenvalue weighted by Crippen LogP contribution is 2.31. The smallest absolute Gasteiger partial charge is 0.288 e. The van der Waals surface area contributed by atoms with Gasteiger partial charge in [0.15, 0.2) is 5.56 Å². The Hall–Kier alpha value is -2.32. The molecule has 1 amide bonds. The summed E-state index contributed by atoms with van der Waals surface area (Å²) in [5, 5.41) is 14.9. The molecule has 0 atom stereocenters. The molecule has 0 saturated heterocycles. The van der Waals surface area contributed by atoms with E-state index in [1.165, 1.54) is 54.6 Å². The lowest BCUT2D eigenvalue weighted by Gasteiger charge is -2.14. The second-order valence-electron chi connectivity index (χ2n) is 6.91. The number of carbonyl (C=O) groups is 1. The number of anilines is 1. The van der Waals surface area contributed by atoms with Crippen LogP contribution in [0.2, 0.25) is 30.1 Å². The number of nitrogens with zero attached hydrogens (tertiary/aromatic N) is 2. The van der Waals surface area contributed by atoms with Crippen molar-refractivity contribution >= 4 is 81.2 Å². The van der Waals surface area contributed by atoms with Gasteiger partial charge in [0.05, 0.1) is 41.5 Å². The third-order valence-electron chi connectivity index (χ3n) is 4.73. The Morgan fingerprint density at radius 3 is 1.65 bits per heavy atom. The van der Waals surface area contributed by atoms with E-state index in [1.54, 1.807) is 0 Å². The topological polar surface area (TPSA) is 76.3 Å². The van der Waals surface area contributed by atoms with Crippen LogP contribution in [-0.2, 0) is 0 Å². The zero-order valence-corrected chi connectivity index (χ0v) is 21.2. The van der Waals surface area contributed by atoms with Crippen LogP contribution in [-0.4, -0.2) is 20.4 Å². The SMILES string of the molecule is O=C(Nc1ccc(Cl)c(Cl)c1)c1c(O)n(-c2ccc(Cl)c(Cl)c2)n(-c2ccc(Cl)c(Cl)c2)c1=O. The van der Waals surface area contributed by atoms with Crippen molar-refractivity contribution in [3.8, 4) is 17.3 Å². The molecule has 174 valence electrons. The largest absolute Gasteiger partial charge is 0.493 e. The van der Waals surface area contributed by atoms with E-state index in [2.05, 4.69) is 5.32 Å². The number of rotatable bonds is 4. The number of carbonyl (C=O) groups excluding carboxylic acids is 1. The van der Waals surface area contributed by atoms with Gasteiger partial charge < -0.3 is 10.4 Å². The first kappa shape index (κ1) is 24.8. The number of nitrogens with one attached hydrogen (secondary N) is 1. The van der Waals surface area contributed by atoms with Gasteiger partial charge in [-0.3, -0.25) is 9.59 Å². The van der Waals surface area contributed by atoms with Crippen LogP contribution >= 0.6 is 69.6 Å². The van der Waals surface area contributed by atoms with Crippen molar-refractivity contribution in [3.05, 3.63) is 101 Å². The van der Waals surface area contributed by atoms with Gasteiger partial charge in [0, 0.05) is 5.69 Å². The molecule has 0 unspecified atom stereocenters. The van der Waals surface area contributed by atoms with E-state index in [9.17, 15) is 14.7 Å². The number of aromatic nitrogens is 2. The molecule has 12 heteroatoms. The lowest BCUT2D eigenvalue weighted by Crippen LogP contribution is -2.25. The average molecular weight is 578 g/mol. The molecule has 6 nitrogen and oxygen atoms in total. The second kappa shape index (κ2) is 9.74. The van der Waals surface area contributed by atoms with Crippen LogP contribution in [0, 0.1) is 0 Å². The molecule has 4 rings (SSSR count). The first-order valence-corrected chi connectivity index (χ1v) is 11.6. The fraction of sp³-hybridized carbons (Fsp3) is 0. The maximum absolute atomic E-state index is 13.4. The zero-order valence-electron chi connectivity index (χ0n) is 16.6. The summed E-state index contributed by atoms with van der Waals surface area (Å²) < 4.78 is 2.16. The predicted molar refractivity (Wildman–Crippen MR) is 137 cm³/mol. The molecule has 0 bridgehead atoms. The van der Waals surface area contributed by atoms with E-state index in [-0.39, 0.29) is 47.2 Å². The molecular weight excluding hydrogens is 567 g/mol. The van der Waals surface area contributed by atoms with Crippen LogP contribution < -0.4 is 10.9 Å². The van der Waals surface area contributed by atoms with E-state index in [0.29, 0.717) is 0 Å². The standard InChI is InChI=1S/C22H11Cl6N3O3/c23-13-4-1-10(7-16(13)26)29-20(32)19-21(33)30(11-2-5-14(24)17(27)8-11)31(22(19)34)12-3-6-15(25)18(28)9-12/h1-9,33H,(H,29,32). The van der Waals surface area contributed by atoms with Gasteiger partial charge in [-0.15, -0.1) is 0 Å². The lowest BCUT2D eigenvalue weighted by atomic mass is 10.2. The molecule has 2 N–H and O–H groups in total. The molecule has 0 aliphatic carbocycles. The van der Waals surface area contributed by atoms with Gasteiger partial charge in [0.25, 0.3) is 11.5 Å². The van der Waals surface area contributed by atoms with E-state index < -0.39 is 22.9 Å². The molecule has 1 heterocycles. The quantitative estimate of drug-likeness (QED) is 0.263. The molecule has 0 saturated carbocycles. The predicted octanol–water partition coefficient (Wildman–Crippen LogP) is 7.51. The highest BCUT2D eigenvalue weighted by molar-refractivity contribution is 6.43. The number of hydrogen-bond donors (Lipinski definition) is 2. The molecule has 0 spiro atoms. The van der Waals surface area contributed by atoms with Gasteiger partial charge in [-0.05, 0) is 54.6 Å². The van der Waals surface area contributed by atoms with Crippen molar-refractivity contribution in [1.29, 1.82) is 0 Å². The van der Waals surface area contributed by atoms with Gasteiger partial charge >= 0.3 is 0 Å². The summed E-state index contributed by atoms with van der Waals surface area (Å²) in [4.78, 5) is 26.5. The minimum absolute atomic E-state index is 0.161. The van der Waals surface area contributed by atoms with Crippen LogP contribution in [0.1, 0.15) is 10.4 Å². The Balaban J connectivity index is 1.92. The zero-order chi connectivity index (χ0) is 24.7. The number of aromatic hydroxyl groups is 1. The van der Waals surface area contributed by atoms with Crippen LogP contribution in [0.25, 0.3) is 11.4 Å². The molecule has 3 aromatic carbocycles. The summed E-state index contributed by atoms with van der Waals surface area (Å²) in [5.74, 6) is -1.53. The van der Waals surface area contributed by atoms with Gasteiger partial charge in [-0.25, -0.2) is 9.36 Å². The Labute approximate surface area is 222 Å². The van der Waals surface area contributed by atoms with Crippen molar-refractivity contribution in [1.82, 2.24) is 9.36 Å². The minimum Gasteiger partial charge on any atom is -0.493 e. The van der Waals surface area contributed by atoms with Gasteiger partial charge in [0.1, 0.15) is 0 Å². The van der Waals surface area contributed by atoms with Crippen molar-refractivity contribution in [3.63, 3.8) is 0 Å². The fourth-order valence-corrected chi connectivity index (χ4v) is 4.05. The summed E-state index contributed by atoms with van der Waals surface area (Å²) in [7, 11) is 0. The first-order chi connectivity index (χ1) is 16.1. The van der Waals surface area contributed by atoms with Gasteiger partial charge in [0.2, 0.25) is 5.88 Å². The number of benzene rings is 3. The highest BCUT2D eigenvalue weighted by Gasteiger charge is 2.28. The summed E-state index contributed by atoms with van der Waals surface area (Å²) in [5.41, 5.74) is -0.623. The Bertz CT molecular complexity index is 1510. The van der Waals surface area contributed by atoms with Crippen LogP contribution in [0.4, 0.5) is 5.69 Å². The normalized spacial score (nSPS) is 11.0. The maximum Gasteiger partial charge on any atom is 0.288 e. The van der Waals surface area contributed by atoms with Crippen LogP contribution in [0.3, 0.4) is 0 Å². The van der Waals surface area contributed by atoms with E-state index in [1.807, 2.05) is 0 Å². The number of halogens is 6. The molecule has 0 aliphatic rings. The molecule has 0 radical (unpaired) electrons. The minimum atomic E-state index is -0.881. The Morgan fingerprint density at radius 2 is 1.15 bits per heavy atom. The Kier molecular flexibility index (Phi) is 7.10. The summed E-state index contributed by atoms with van der Waals surface area (Å²) in [6.07, 6.45) is 0. The van der Waals surface area contributed by atoms with Gasteiger partial charge in [-0.1, -0.05) is 69.6 Å². The molecular formula is C22H11Cl6N3O3. The van der Waals surface area contributed by atoms with Crippen LogP contribution in [0.5, 0.6) is 5.88 Å². The van der Waals surface area contributed by atoms with Crippen molar-refractivity contribution in [2.45, 2.75) is 0 Å². The van der Waals surface area contributed by atoms with Crippen molar-refractivity contribution in [2.75, 3.05) is 5.32 Å². The van der Waals surface area contributed by atoms with Gasteiger partial charge in [-0.2, -0.15) is 0 Å². The molecule has 1 aromatic heterocycles.